The number of nitrogens with one attached hydrogen (secondary N) is 1. The number of ether oxygens (including phenoxy) is 1. The van der Waals surface area contributed by atoms with E-state index in [0.717, 1.165) is 10.8 Å². The molecule has 1 aromatic heterocycles. The van der Waals surface area contributed by atoms with Gasteiger partial charge < -0.3 is 10.1 Å². The predicted octanol–water partition coefficient (Wildman–Crippen LogP) is 3.12. The third kappa shape index (κ3) is 3.91. The summed E-state index contributed by atoms with van der Waals surface area (Å²) in [6.07, 6.45) is 0.271. The minimum Gasteiger partial charge on any atom is -0.451 e. The molecule has 0 saturated carbocycles. The van der Waals surface area contributed by atoms with E-state index in [2.05, 4.69) is 10.3 Å². The Balaban J connectivity index is 1.44. The fourth-order valence-corrected chi connectivity index (χ4v) is 3.21. The molecule has 0 fully saturated rings. The largest absolute Gasteiger partial charge is 0.451 e. The summed E-state index contributed by atoms with van der Waals surface area (Å²) in [6, 6.07) is 20.1. The van der Waals surface area contributed by atoms with E-state index in [1.54, 1.807) is 30.3 Å². The second kappa shape index (κ2) is 8.16. The van der Waals surface area contributed by atoms with E-state index in [1.807, 2.05) is 36.4 Å². The van der Waals surface area contributed by atoms with Gasteiger partial charge in [0.15, 0.2) is 6.10 Å². The molecule has 1 amide bonds. The fourth-order valence-electron chi connectivity index (χ4n) is 3.21. The van der Waals surface area contributed by atoms with E-state index < -0.39 is 18.0 Å². The van der Waals surface area contributed by atoms with Gasteiger partial charge in [-0.05, 0) is 30.5 Å². The number of aromatic nitrogens is 2. The number of rotatable bonds is 5. The average Bonchev–Trinajstić information content (AvgIpc) is 2.76. The van der Waals surface area contributed by atoms with Crippen LogP contribution in [0.15, 0.2) is 77.9 Å². The highest BCUT2D eigenvalue weighted by Gasteiger charge is 2.19. The molecule has 3 aromatic carbocycles. The average molecular weight is 401 g/mol. The Labute approximate surface area is 171 Å². The zero-order valence-electron chi connectivity index (χ0n) is 16.2. The van der Waals surface area contributed by atoms with E-state index in [-0.39, 0.29) is 12.1 Å². The maximum absolute atomic E-state index is 12.5. The summed E-state index contributed by atoms with van der Waals surface area (Å²) in [5.41, 5.74) is 0.844. The molecule has 0 spiro atoms. The van der Waals surface area contributed by atoms with E-state index in [0.29, 0.717) is 16.6 Å². The van der Waals surface area contributed by atoms with Crippen LogP contribution in [0.3, 0.4) is 0 Å². The highest BCUT2D eigenvalue weighted by Crippen LogP contribution is 2.23. The van der Waals surface area contributed by atoms with Gasteiger partial charge in [0.25, 0.3) is 11.5 Å². The van der Waals surface area contributed by atoms with Crippen molar-refractivity contribution in [2.45, 2.75) is 19.6 Å². The van der Waals surface area contributed by atoms with Crippen LogP contribution < -0.4 is 10.9 Å². The van der Waals surface area contributed by atoms with Crippen LogP contribution in [0.25, 0.3) is 21.7 Å². The van der Waals surface area contributed by atoms with Crippen molar-refractivity contribution in [2.24, 2.45) is 0 Å². The van der Waals surface area contributed by atoms with Gasteiger partial charge in [-0.15, -0.1) is 0 Å². The number of fused-ring (bicyclic) bond motifs is 2. The van der Waals surface area contributed by atoms with Crippen molar-refractivity contribution in [3.63, 3.8) is 0 Å². The summed E-state index contributed by atoms with van der Waals surface area (Å²) in [4.78, 5) is 41.5. The molecule has 1 heterocycles. The lowest BCUT2D eigenvalue weighted by molar-refractivity contribution is -0.153. The molecule has 0 aliphatic carbocycles. The topological polar surface area (TPSA) is 90.3 Å². The van der Waals surface area contributed by atoms with Gasteiger partial charge in [-0.1, -0.05) is 48.5 Å². The highest BCUT2D eigenvalue weighted by atomic mass is 16.5. The van der Waals surface area contributed by atoms with Crippen LogP contribution in [0.2, 0.25) is 0 Å². The minimum atomic E-state index is -1.03. The maximum Gasteiger partial charge on any atom is 0.326 e. The van der Waals surface area contributed by atoms with Crippen LogP contribution in [-0.2, 0) is 20.9 Å². The van der Waals surface area contributed by atoms with Crippen molar-refractivity contribution in [3.8, 4) is 0 Å². The molecule has 1 N–H and O–H groups in total. The maximum atomic E-state index is 12.5. The van der Waals surface area contributed by atoms with Gasteiger partial charge in [0.05, 0.1) is 17.2 Å². The molecule has 7 nitrogen and oxygen atoms in total. The van der Waals surface area contributed by atoms with Crippen LogP contribution in [0.1, 0.15) is 6.92 Å². The summed E-state index contributed by atoms with van der Waals surface area (Å²) in [5, 5.41) is 5.08. The molecule has 0 saturated heterocycles. The molecule has 0 bridgehead atoms. The van der Waals surface area contributed by atoms with Crippen molar-refractivity contribution in [3.05, 3.63) is 83.4 Å². The van der Waals surface area contributed by atoms with Gasteiger partial charge in [-0.25, -0.2) is 4.98 Å². The SMILES string of the molecule is C[C@@H](OC(=O)Cn1cnc2ccccc2c1=O)C(=O)Nc1cccc2ccccc12. The molecule has 0 radical (unpaired) electrons. The van der Waals surface area contributed by atoms with E-state index >= 15 is 0 Å². The first kappa shape index (κ1) is 19.3. The standard InChI is InChI=1S/C23H19N3O4/c1-15(22(28)25-20-12-6-8-16-7-2-3-9-17(16)20)30-21(27)13-26-14-24-19-11-5-4-10-18(19)23(26)29/h2-12,14-15H,13H2,1H3,(H,25,28)/t15-/m1/s1. The predicted molar refractivity (Wildman–Crippen MR) is 114 cm³/mol. The summed E-state index contributed by atoms with van der Waals surface area (Å²) >= 11 is 0. The summed E-state index contributed by atoms with van der Waals surface area (Å²) in [6.45, 7) is 1.16. The number of carbonyl (C=O) groups excluding carboxylic acids is 2. The van der Waals surface area contributed by atoms with Crippen molar-refractivity contribution in [1.82, 2.24) is 9.55 Å². The molecule has 1 atom stereocenters. The number of anilines is 1. The van der Waals surface area contributed by atoms with Gasteiger partial charge in [-0.3, -0.25) is 19.0 Å². The van der Waals surface area contributed by atoms with Crippen LogP contribution >= 0.6 is 0 Å². The van der Waals surface area contributed by atoms with Gasteiger partial charge in [0.1, 0.15) is 6.54 Å². The number of benzene rings is 3. The van der Waals surface area contributed by atoms with Gasteiger partial charge in [-0.2, -0.15) is 0 Å². The summed E-state index contributed by atoms with van der Waals surface area (Å²) in [5.74, 6) is -1.15. The molecule has 30 heavy (non-hydrogen) atoms. The van der Waals surface area contributed by atoms with Gasteiger partial charge >= 0.3 is 5.97 Å². The Morgan fingerprint density at radius 2 is 1.70 bits per heavy atom. The van der Waals surface area contributed by atoms with Crippen LogP contribution in [0, 0.1) is 0 Å². The van der Waals surface area contributed by atoms with Gasteiger partial charge in [0.2, 0.25) is 0 Å². The Morgan fingerprint density at radius 3 is 2.53 bits per heavy atom. The quantitative estimate of drug-likeness (QED) is 0.519. The number of nitrogens with zero attached hydrogens (tertiary/aromatic N) is 2. The minimum absolute atomic E-state index is 0.331. The molecule has 0 unspecified atom stereocenters. The number of para-hydroxylation sites is 1. The van der Waals surface area contributed by atoms with Crippen LogP contribution in [-0.4, -0.2) is 27.5 Å². The van der Waals surface area contributed by atoms with E-state index in [1.165, 1.54) is 17.8 Å². The second-order valence-electron chi connectivity index (χ2n) is 6.84. The van der Waals surface area contributed by atoms with Crippen molar-refractivity contribution in [2.75, 3.05) is 5.32 Å². The van der Waals surface area contributed by atoms with Crippen molar-refractivity contribution < 1.29 is 14.3 Å². The Bertz CT molecular complexity index is 1310. The molecule has 7 heteroatoms. The number of esters is 1. The van der Waals surface area contributed by atoms with E-state index in [4.69, 9.17) is 4.74 Å². The van der Waals surface area contributed by atoms with Crippen LogP contribution in [0.5, 0.6) is 0 Å². The molecule has 0 aliphatic rings. The molecule has 0 aliphatic heterocycles. The fraction of sp³-hybridized carbons (Fsp3) is 0.130. The molecule has 4 aromatic rings. The lowest BCUT2D eigenvalue weighted by atomic mass is 10.1. The third-order valence-electron chi connectivity index (χ3n) is 4.76. The third-order valence-corrected chi connectivity index (χ3v) is 4.76. The normalized spacial score (nSPS) is 11.9. The second-order valence-corrected chi connectivity index (χ2v) is 6.84. The number of hydrogen-bond acceptors (Lipinski definition) is 5. The lowest BCUT2D eigenvalue weighted by Gasteiger charge is -2.15. The number of amides is 1. The summed E-state index contributed by atoms with van der Waals surface area (Å²) < 4.78 is 6.40. The van der Waals surface area contributed by atoms with E-state index in [9.17, 15) is 14.4 Å². The van der Waals surface area contributed by atoms with Gasteiger partial charge in [0, 0.05) is 11.1 Å². The number of carbonyl (C=O) groups is 2. The summed E-state index contributed by atoms with van der Waals surface area (Å²) in [7, 11) is 0. The molecular formula is C23H19N3O4. The Kier molecular flexibility index (Phi) is 5.26. The lowest BCUT2D eigenvalue weighted by Crippen LogP contribution is -2.33. The Morgan fingerprint density at radius 1 is 1.00 bits per heavy atom. The number of hydrogen-bond donors (Lipinski definition) is 1. The highest BCUT2D eigenvalue weighted by molar-refractivity contribution is 6.03. The smallest absolute Gasteiger partial charge is 0.326 e. The van der Waals surface area contributed by atoms with Crippen molar-refractivity contribution in [1.29, 1.82) is 0 Å². The van der Waals surface area contributed by atoms with Crippen LogP contribution in [0.4, 0.5) is 5.69 Å². The molecule has 150 valence electrons. The molecule has 4 rings (SSSR count). The zero-order valence-corrected chi connectivity index (χ0v) is 16.2. The first-order chi connectivity index (χ1) is 14.5. The monoisotopic (exact) mass is 401 g/mol. The van der Waals surface area contributed by atoms with Crippen molar-refractivity contribution >= 4 is 39.2 Å². The first-order valence-corrected chi connectivity index (χ1v) is 9.45. The Hall–Kier alpha value is -4.00. The first-order valence-electron chi connectivity index (χ1n) is 9.45. The zero-order chi connectivity index (χ0) is 21.1. The molecular weight excluding hydrogens is 382 g/mol.